The Morgan fingerprint density at radius 2 is 1.60 bits per heavy atom. The lowest BCUT2D eigenvalue weighted by Gasteiger charge is -2.19. The van der Waals surface area contributed by atoms with Gasteiger partial charge in [0, 0.05) is 28.7 Å². The van der Waals surface area contributed by atoms with E-state index < -0.39 is 40.9 Å². The van der Waals surface area contributed by atoms with Crippen LogP contribution in [-0.2, 0) is 16.1 Å². The molecule has 1 aliphatic heterocycles. The molecule has 0 bridgehead atoms. The molecule has 0 unspecified atom stereocenters. The molecule has 234 valence electrons. The number of aromatic nitrogens is 1. The van der Waals surface area contributed by atoms with Crippen LogP contribution in [0.2, 0.25) is 0 Å². The number of carbonyl (C=O) groups excluding carboxylic acids is 3. The molecule has 47 heavy (non-hydrogen) atoms. The summed E-state index contributed by atoms with van der Waals surface area (Å²) in [5, 5.41) is 8.19. The molecule has 5 aromatic rings. The first-order valence-corrected chi connectivity index (χ1v) is 14.4. The average Bonchev–Trinajstić information content (AvgIpc) is 3.37. The third kappa shape index (κ3) is 6.74. The van der Waals surface area contributed by atoms with Crippen molar-refractivity contribution in [1.29, 1.82) is 0 Å². The summed E-state index contributed by atoms with van der Waals surface area (Å²) in [7, 11) is 0. The van der Waals surface area contributed by atoms with E-state index in [2.05, 4.69) is 16.0 Å². The van der Waals surface area contributed by atoms with Crippen molar-refractivity contribution in [2.24, 2.45) is 0 Å². The molecule has 3 N–H and O–H groups in total. The molecular formula is C36H25F3N4O4. The second kappa shape index (κ2) is 13.0. The molecule has 0 spiro atoms. The number of carbonyl (C=O) groups is 3. The maximum Gasteiger partial charge on any atom is 0.263 e. The number of rotatable bonds is 8. The molecule has 6 rings (SSSR count). The highest BCUT2D eigenvalue weighted by Gasteiger charge is 2.27. The van der Waals surface area contributed by atoms with Crippen molar-refractivity contribution in [1.82, 2.24) is 9.88 Å². The number of anilines is 2. The molecule has 0 radical (unpaired) electrons. The number of hydrogen-bond donors (Lipinski definition) is 3. The van der Waals surface area contributed by atoms with Gasteiger partial charge in [0.1, 0.15) is 17.4 Å². The standard InChI is InChI=1S/C36H25F3N4O4/c37-24-11-8-21(9-12-24)17-28-27-19-25(13-15-31(27)41-34(28)45)40-35(46)32(23-5-2-1-3-6-23)42-33(44)26-7-4-16-43(36(26)47)20-22-10-14-29(38)30(39)18-22/h1-19,32H,20H2,(H,40,46)(H,41,45)(H,42,44)/b28-17+/t32-/m1/s1. The van der Waals surface area contributed by atoms with E-state index in [4.69, 9.17) is 0 Å². The zero-order chi connectivity index (χ0) is 33.1. The third-order valence-corrected chi connectivity index (χ3v) is 7.52. The van der Waals surface area contributed by atoms with Crippen molar-refractivity contribution in [2.45, 2.75) is 12.6 Å². The zero-order valence-electron chi connectivity index (χ0n) is 24.5. The molecule has 11 heteroatoms. The van der Waals surface area contributed by atoms with E-state index in [0.717, 1.165) is 12.1 Å². The van der Waals surface area contributed by atoms with Crippen LogP contribution in [0.15, 0.2) is 114 Å². The Bertz CT molecular complexity index is 2110. The Labute approximate surface area is 266 Å². The largest absolute Gasteiger partial charge is 0.336 e. The van der Waals surface area contributed by atoms with E-state index in [-0.39, 0.29) is 18.0 Å². The maximum atomic E-state index is 13.7. The topological polar surface area (TPSA) is 109 Å². The number of nitrogens with one attached hydrogen (secondary N) is 3. The van der Waals surface area contributed by atoms with Crippen molar-refractivity contribution in [3.05, 3.63) is 165 Å². The van der Waals surface area contributed by atoms with Crippen molar-refractivity contribution in [3.63, 3.8) is 0 Å². The van der Waals surface area contributed by atoms with Crippen LogP contribution >= 0.6 is 0 Å². The first-order valence-electron chi connectivity index (χ1n) is 14.4. The van der Waals surface area contributed by atoms with Gasteiger partial charge < -0.3 is 20.5 Å². The highest BCUT2D eigenvalue weighted by molar-refractivity contribution is 6.35. The number of amides is 3. The zero-order valence-corrected chi connectivity index (χ0v) is 24.5. The maximum absolute atomic E-state index is 13.7. The lowest BCUT2D eigenvalue weighted by molar-refractivity contribution is -0.118. The minimum atomic E-state index is -1.23. The van der Waals surface area contributed by atoms with Crippen LogP contribution in [0.1, 0.15) is 38.7 Å². The average molecular weight is 635 g/mol. The molecule has 0 fully saturated rings. The normalized spacial score (nSPS) is 13.5. The summed E-state index contributed by atoms with van der Waals surface area (Å²) in [6.07, 6.45) is 3.02. The molecule has 0 saturated carbocycles. The predicted molar refractivity (Wildman–Crippen MR) is 171 cm³/mol. The van der Waals surface area contributed by atoms with E-state index in [1.165, 1.54) is 53.2 Å². The Morgan fingerprint density at radius 3 is 2.34 bits per heavy atom. The van der Waals surface area contributed by atoms with Crippen LogP contribution in [0, 0.1) is 17.5 Å². The quantitative estimate of drug-likeness (QED) is 0.184. The van der Waals surface area contributed by atoms with Gasteiger partial charge in [0.15, 0.2) is 11.6 Å². The van der Waals surface area contributed by atoms with Gasteiger partial charge in [0.2, 0.25) is 0 Å². The van der Waals surface area contributed by atoms with Crippen molar-refractivity contribution >= 4 is 40.7 Å². The summed E-state index contributed by atoms with van der Waals surface area (Å²) in [5.74, 6) is -4.30. The molecule has 1 aromatic heterocycles. The van der Waals surface area contributed by atoms with Crippen LogP contribution in [-0.4, -0.2) is 22.3 Å². The summed E-state index contributed by atoms with van der Waals surface area (Å²) in [6, 6.07) is 23.7. The number of halogens is 3. The monoisotopic (exact) mass is 634 g/mol. The summed E-state index contributed by atoms with van der Waals surface area (Å²) in [5.41, 5.74) is 2.09. The van der Waals surface area contributed by atoms with Gasteiger partial charge in [-0.15, -0.1) is 0 Å². The van der Waals surface area contributed by atoms with E-state index in [9.17, 15) is 32.3 Å². The molecule has 4 aromatic carbocycles. The Hall–Kier alpha value is -6.23. The first-order chi connectivity index (χ1) is 22.7. The molecule has 1 aliphatic rings. The summed E-state index contributed by atoms with van der Waals surface area (Å²) in [6.45, 7) is -0.118. The van der Waals surface area contributed by atoms with Gasteiger partial charge in [-0.2, -0.15) is 0 Å². The van der Waals surface area contributed by atoms with Crippen LogP contribution in [0.5, 0.6) is 0 Å². The highest BCUT2D eigenvalue weighted by atomic mass is 19.2. The minimum Gasteiger partial charge on any atom is -0.336 e. The molecule has 2 heterocycles. The second-order valence-corrected chi connectivity index (χ2v) is 10.7. The van der Waals surface area contributed by atoms with Gasteiger partial charge in [-0.3, -0.25) is 19.2 Å². The van der Waals surface area contributed by atoms with E-state index in [1.807, 2.05) is 0 Å². The highest BCUT2D eigenvalue weighted by Crippen LogP contribution is 2.35. The molecule has 0 aliphatic carbocycles. The smallest absolute Gasteiger partial charge is 0.263 e. The fourth-order valence-corrected chi connectivity index (χ4v) is 5.17. The lowest BCUT2D eigenvalue weighted by atomic mass is 10.0. The Balaban J connectivity index is 1.25. The number of pyridine rings is 1. The Kier molecular flexibility index (Phi) is 8.52. The van der Waals surface area contributed by atoms with Gasteiger partial charge in [0.25, 0.3) is 23.3 Å². The fourth-order valence-electron chi connectivity index (χ4n) is 5.17. The summed E-state index contributed by atoms with van der Waals surface area (Å²) in [4.78, 5) is 53.1. The fraction of sp³-hybridized carbons (Fsp3) is 0.0556. The van der Waals surface area contributed by atoms with E-state index in [1.54, 1.807) is 54.6 Å². The van der Waals surface area contributed by atoms with Crippen LogP contribution < -0.4 is 21.5 Å². The van der Waals surface area contributed by atoms with Crippen molar-refractivity contribution in [3.8, 4) is 0 Å². The number of nitrogens with zero attached hydrogens (tertiary/aromatic N) is 1. The van der Waals surface area contributed by atoms with Gasteiger partial charge in [-0.1, -0.05) is 48.5 Å². The first kappa shape index (κ1) is 30.8. The molecular weight excluding hydrogens is 609 g/mol. The molecule has 0 saturated heterocycles. The number of benzene rings is 4. The van der Waals surface area contributed by atoms with Gasteiger partial charge >= 0.3 is 0 Å². The van der Waals surface area contributed by atoms with E-state index >= 15 is 0 Å². The van der Waals surface area contributed by atoms with Crippen molar-refractivity contribution in [2.75, 3.05) is 10.6 Å². The summed E-state index contributed by atoms with van der Waals surface area (Å²) >= 11 is 0. The third-order valence-electron chi connectivity index (χ3n) is 7.52. The second-order valence-electron chi connectivity index (χ2n) is 10.7. The SMILES string of the molecule is O=C1Nc2ccc(NC(=O)[C@H](NC(=O)c3cccn(Cc4ccc(F)c(F)c4)c3=O)c3ccccc3)cc2/C1=C\c1ccc(F)cc1. The lowest BCUT2D eigenvalue weighted by Crippen LogP contribution is -2.40. The minimum absolute atomic E-state index is 0.118. The van der Waals surface area contributed by atoms with Crippen LogP contribution in [0.25, 0.3) is 11.6 Å². The summed E-state index contributed by atoms with van der Waals surface area (Å²) < 4.78 is 41.7. The molecule has 3 amide bonds. The van der Waals surface area contributed by atoms with Gasteiger partial charge in [0.05, 0.1) is 6.54 Å². The molecule has 1 atom stereocenters. The predicted octanol–water partition coefficient (Wildman–Crippen LogP) is 5.92. The van der Waals surface area contributed by atoms with Gasteiger partial charge in [-0.25, -0.2) is 13.2 Å². The molecule has 8 nitrogen and oxygen atoms in total. The van der Waals surface area contributed by atoms with Gasteiger partial charge in [-0.05, 0) is 77.4 Å². The van der Waals surface area contributed by atoms with E-state index in [0.29, 0.717) is 39.2 Å². The van der Waals surface area contributed by atoms with Crippen molar-refractivity contribution < 1.29 is 27.6 Å². The number of fused-ring (bicyclic) bond motifs is 1. The van der Waals surface area contributed by atoms with Crippen LogP contribution in [0.3, 0.4) is 0 Å². The Morgan fingerprint density at radius 1 is 0.830 bits per heavy atom. The number of hydrogen-bond acceptors (Lipinski definition) is 4. The van der Waals surface area contributed by atoms with Crippen LogP contribution in [0.4, 0.5) is 24.5 Å².